The smallest absolute Gasteiger partial charge is 0.347 e. The van der Waals surface area contributed by atoms with Crippen molar-refractivity contribution in [1.82, 2.24) is 9.97 Å². The van der Waals surface area contributed by atoms with Gasteiger partial charge in [0.05, 0.1) is 10.7 Å². The van der Waals surface area contributed by atoms with Gasteiger partial charge in [0.15, 0.2) is 11.5 Å². The lowest BCUT2D eigenvalue weighted by atomic mass is 9.85. The number of rotatable bonds is 6. The Morgan fingerprint density at radius 3 is 2.60 bits per heavy atom. The molecule has 1 aliphatic carbocycles. The molecule has 0 saturated carbocycles. The van der Waals surface area contributed by atoms with Crippen LogP contribution >= 0.6 is 11.6 Å². The van der Waals surface area contributed by atoms with Gasteiger partial charge in [-0.05, 0) is 42.9 Å². The molecule has 3 N–H and O–H groups in total. The number of aliphatic hydroxyl groups is 1. The van der Waals surface area contributed by atoms with Crippen molar-refractivity contribution in [2.45, 2.75) is 38.2 Å². The number of fused-ring (bicyclic) bond motifs is 3. The zero-order valence-electron chi connectivity index (χ0n) is 15.9. The van der Waals surface area contributed by atoms with Gasteiger partial charge >= 0.3 is 5.97 Å². The Hall–Kier alpha value is -3.04. The Balaban J connectivity index is 1.80. The van der Waals surface area contributed by atoms with Crippen molar-refractivity contribution in [3.63, 3.8) is 0 Å². The largest absolute Gasteiger partial charge is 0.478 e. The fourth-order valence-corrected chi connectivity index (χ4v) is 3.86. The van der Waals surface area contributed by atoms with E-state index in [4.69, 9.17) is 21.5 Å². The van der Waals surface area contributed by atoms with Crippen LogP contribution in [-0.4, -0.2) is 50.5 Å². The van der Waals surface area contributed by atoms with Crippen LogP contribution in [0.3, 0.4) is 0 Å². The summed E-state index contributed by atoms with van der Waals surface area (Å²) in [5, 5.41) is 25.3. The van der Waals surface area contributed by atoms with Gasteiger partial charge < -0.3 is 20.4 Å². The van der Waals surface area contributed by atoms with E-state index in [0.717, 1.165) is 42.4 Å². The molecule has 0 bridgehead atoms. The molecule has 2 heterocycles. The van der Waals surface area contributed by atoms with Gasteiger partial charge in [-0.25, -0.2) is 14.8 Å². The van der Waals surface area contributed by atoms with Crippen LogP contribution in [0, 0.1) is 0 Å². The lowest BCUT2D eigenvalue weighted by Crippen LogP contribution is -2.24. The third-order valence-corrected chi connectivity index (χ3v) is 5.36. The van der Waals surface area contributed by atoms with Crippen molar-refractivity contribution in [2.75, 3.05) is 11.9 Å². The number of oxime groups is 1. The number of nitrogens with one attached hydrogen (secondary N) is 1. The molecule has 1 unspecified atom stereocenters. The zero-order valence-corrected chi connectivity index (χ0v) is 16.6. The molecule has 4 rings (SSSR count). The highest BCUT2D eigenvalue weighted by Crippen LogP contribution is 2.40. The first-order chi connectivity index (χ1) is 14.5. The van der Waals surface area contributed by atoms with E-state index in [9.17, 15) is 14.7 Å². The maximum absolute atomic E-state index is 12.6. The Kier molecular flexibility index (Phi) is 5.65. The molecule has 2 aromatic rings. The summed E-state index contributed by atoms with van der Waals surface area (Å²) in [4.78, 5) is 37.6. The van der Waals surface area contributed by atoms with Crippen molar-refractivity contribution in [3.8, 4) is 11.4 Å². The molecule has 1 aromatic heterocycles. The maximum atomic E-state index is 12.6. The van der Waals surface area contributed by atoms with Crippen LogP contribution in [-0.2, 0) is 27.3 Å². The number of amides is 1. The van der Waals surface area contributed by atoms with E-state index in [2.05, 4.69) is 20.4 Å². The summed E-state index contributed by atoms with van der Waals surface area (Å²) in [5.74, 6) is -1.25. The van der Waals surface area contributed by atoms with Gasteiger partial charge in [-0.15, -0.1) is 0 Å². The predicted octanol–water partition coefficient (Wildman–Crippen LogP) is 2.18. The number of hydrogen-bond donors (Lipinski definition) is 3. The van der Waals surface area contributed by atoms with Crippen LogP contribution in [0.25, 0.3) is 11.4 Å². The Bertz CT molecular complexity index is 1040. The minimum absolute atomic E-state index is 0.0159. The number of aromatic nitrogens is 2. The van der Waals surface area contributed by atoms with Crippen LogP contribution < -0.4 is 5.32 Å². The van der Waals surface area contributed by atoms with E-state index in [1.807, 2.05) is 0 Å². The van der Waals surface area contributed by atoms with Crippen LogP contribution in [0.1, 0.15) is 36.0 Å². The lowest BCUT2D eigenvalue weighted by Gasteiger charge is -2.22. The third-order valence-electron chi connectivity index (χ3n) is 5.16. The molecule has 1 aromatic carbocycles. The highest BCUT2D eigenvalue weighted by atomic mass is 35.5. The number of nitrogens with zero attached hydrogens (tertiary/aromatic N) is 3. The van der Waals surface area contributed by atoms with Gasteiger partial charge in [0.25, 0.3) is 5.91 Å². The first kappa shape index (κ1) is 20.2. The Labute approximate surface area is 176 Å². The predicted molar refractivity (Wildman–Crippen MR) is 108 cm³/mol. The molecular weight excluding hydrogens is 412 g/mol. The summed E-state index contributed by atoms with van der Waals surface area (Å²) >= 11 is 5.92. The summed E-state index contributed by atoms with van der Waals surface area (Å²) in [6.07, 6.45) is 5.16. The zero-order chi connectivity index (χ0) is 21.3. The van der Waals surface area contributed by atoms with Gasteiger partial charge in [0.1, 0.15) is 0 Å². The van der Waals surface area contributed by atoms with Gasteiger partial charge in [-0.2, -0.15) is 0 Å². The van der Waals surface area contributed by atoms with Crippen LogP contribution in [0.4, 0.5) is 5.69 Å². The molecule has 0 radical (unpaired) electrons. The van der Waals surface area contributed by atoms with E-state index in [1.165, 1.54) is 12.4 Å². The second kappa shape index (κ2) is 8.37. The molecule has 0 fully saturated rings. The molecule has 0 saturated heterocycles. The normalized spacial score (nSPS) is 17.3. The van der Waals surface area contributed by atoms with Gasteiger partial charge in [0.2, 0.25) is 6.10 Å². The minimum atomic E-state index is -1.35. The summed E-state index contributed by atoms with van der Waals surface area (Å²) in [6, 6.07) is 1.78. The number of benzene rings is 1. The highest BCUT2D eigenvalue weighted by Gasteiger charge is 2.34. The molecular formula is C20H19ClN4O5. The maximum Gasteiger partial charge on any atom is 0.347 e. The van der Waals surface area contributed by atoms with Crippen molar-refractivity contribution in [3.05, 3.63) is 40.2 Å². The SMILES string of the molecule is O=C1Nc2c(cc(-c3ncc(Cl)cn3)c3c2CCCC3)/C1=N\OC(CCO)C(=O)O. The molecule has 1 atom stereocenters. The van der Waals surface area contributed by atoms with Crippen LogP contribution in [0.5, 0.6) is 0 Å². The van der Waals surface area contributed by atoms with E-state index in [1.54, 1.807) is 6.07 Å². The number of aliphatic hydroxyl groups excluding tert-OH is 1. The molecule has 1 aliphatic heterocycles. The number of carbonyl (C=O) groups is 2. The number of halogens is 1. The highest BCUT2D eigenvalue weighted by molar-refractivity contribution is 6.54. The number of hydrogen-bond acceptors (Lipinski definition) is 7. The number of carboxylic acids is 1. The summed E-state index contributed by atoms with van der Waals surface area (Å²) in [6.45, 7) is -0.379. The molecule has 156 valence electrons. The number of aliphatic carboxylic acids is 1. The van der Waals surface area contributed by atoms with Crippen molar-refractivity contribution >= 4 is 34.9 Å². The van der Waals surface area contributed by atoms with E-state index in [0.29, 0.717) is 22.1 Å². The van der Waals surface area contributed by atoms with Crippen LogP contribution in [0.15, 0.2) is 23.6 Å². The Morgan fingerprint density at radius 2 is 1.93 bits per heavy atom. The van der Waals surface area contributed by atoms with Gasteiger partial charge in [0, 0.05) is 36.5 Å². The summed E-state index contributed by atoms with van der Waals surface area (Å²) < 4.78 is 0. The third kappa shape index (κ3) is 3.73. The second-order valence-corrected chi connectivity index (χ2v) is 7.51. The standard InChI is InChI=1S/C20H19ClN4O5/c21-10-8-22-18(23-9-10)13-7-14-16(12-4-2-1-3-11(12)13)24-19(27)17(14)25-30-15(5-6-26)20(28)29/h7-9,15,26H,1-6H2,(H,28,29)(H,24,25,27). The van der Waals surface area contributed by atoms with E-state index < -0.39 is 18.0 Å². The summed E-state index contributed by atoms with van der Waals surface area (Å²) in [5.41, 5.74) is 4.04. The first-order valence-corrected chi connectivity index (χ1v) is 9.93. The minimum Gasteiger partial charge on any atom is -0.478 e. The first-order valence-electron chi connectivity index (χ1n) is 9.55. The monoisotopic (exact) mass is 430 g/mol. The topological polar surface area (TPSA) is 134 Å². The van der Waals surface area contributed by atoms with Gasteiger partial charge in [-0.3, -0.25) is 4.79 Å². The molecule has 2 aliphatic rings. The molecule has 0 spiro atoms. The lowest BCUT2D eigenvalue weighted by molar-refractivity contribution is -0.151. The average molecular weight is 431 g/mol. The van der Waals surface area contributed by atoms with Crippen LogP contribution in [0.2, 0.25) is 5.02 Å². The fraction of sp³-hybridized carbons (Fsp3) is 0.350. The van der Waals surface area contributed by atoms with Gasteiger partial charge in [-0.1, -0.05) is 16.8 Å². The average Bonchev–Trinajstić information content (AvgIpc) is 3.06. The quantitative estimate of drug-likeness (QED) is 0.598. The fourth-order valence-electron chi connectivity index (χ4n) is 3.77. The second-order valence-electron chi connectivity index (χ2n) is 7.07. The molecule has 30 heavy (non-hydrogen) atoms. The summed E-state index contributed by atoms with van der Waals surface area (Å²) in [7, 11) is 0. The molecule has 1 amide bonds. The number of carbonyl (C=O) groups excluding carboxylic acids is 1. The Morgan fingerprint density at radius 1 is 1.23 bits per heavy atom. The van der Waals surface area contributed by atoms with Crippen molar-refractivity contribution < 1.29 is 24.6 Å². The number of anilines is 1. The number of carboxylic acid groups (broad SMARTS) is 1. The van der Waals surface area contributed by atoms with Crippen molar-refractivity contribution in [1.29, 1.82) is 0 Å². The molecule has 9 nitrogen and oxygen atoms in total. The van der Waals surface area contributed by atoms with E-state index in [-0.39, 0.29) is 18.7 Å². The van der Waals surface area contributed by atoms with E-state index >= 15 is 0 Å². The molecule has 10 heteroatoms. The van der Waals surface area contributed by atoms with Crippen molar-refractivity contribution in [2.24, 2.45) is 5.16 Å².